The smallest absolute Gasteiger partial charge is 0.135 e. The molecule has 19 heavy (non-hydrogen) atoms. The van der Waals surface area contributed by atoms with Gasteiger partial charge in [-0.15, -0.1) is 0 Å². The summed E-state index contributed by atoms with van der Waals surface area (Å²) in [5.74, 6) is 2.03. The Hall–Kier alpha value is -0.870. The van der Waals surface area contributed by atoms with Crippen LogP contribution >= 0.6 is 11.6 Å². The molecular weight excluding hydrogens is 260 g/mol. The maximum Gasteiger partial charge on any atom is 0.135 e. The van der Waals surface area contributed by atoms with E-state index in [2.05, 4.69) is 40.7 Å². The first-order chi connectivity index (χ1) is 9.06. The Kier molecular flexibility index (Phi) is 4.99. The average molecular weight is 283 g/mol. The maximum absolute atomic E-state index is 6.08. The van der Waals surface area contributed by atoms with Gasteiger partial charge in [-0.05, 0) is 25.9 Å². The van der Waals surface area contributed by atoms with Gasteiger partial charge in [0.25, 0.3) is 0 Å². The van der Waals surface area contributed by atoms with Crippen molar-refractivity contribution in [3.8, 4) is 0 Å². The van der Waals surface area contributed by atoms with Crippen LogP contribution < -0.4 is 4.90 Å². The number of rotatable bonds is 5. The minimum atomic E-state index is 0.296. The molecule has 1 aromatic heterocycles. The zero-order valence-electron chi connectivity index (χ0n) is 12.1. The van der Waals surface area contributed by atoms with Crippen LogP contribution in [0, 0.1) is 0 Å². The summed E-state index contributed by atoms with van der Waals surface area (Å²) in [5, 5.41) is 0.529. The van der Waals surface area contributed by atoms with Crippen molar-refractivity contribution in [3.63, 3.8) is 0 Å². The third-order valence-electron chi connectivity index (χ3n) is 3.56. The number of nitrogens with zero attached hydrogens (tertiary/aromatic N) is 4. The van der Waals surface area contributed by atoms with E-state index in [0.717, 1.165) is 24.7 Å². The zero-order chi connectivity index (χ0) is 13.8. The first-order valence-corrected chi connectivity index (χ1v) is 7.42. The first-order valence-electron chi connectivity index (χ1n) is 7.04. The number of likely N-dealkylation sites (tertiary alicyclic amines) is 1. The van der Waals surface area contributed by atoms with Crippen LogP contribution in [0.25, 0.3) is 0 Å². The van der Waals surface area contributed by atoms with Crippen molar-refractivity contribution in [1.82, 2.24) is 14.9 Å². The molecule has 1 aliphatic heterocycles. The topological polar surface area (TPSA) is 32.3 Å². The molecule has 0 aromatic carbocycles. The van der Waals surface area contributed by atoms with Crippen molar-refractivity contribution in [3.05, 3.63) is 17.0 Å². The normalized spacial score (nSPS) is 16.3. The molecule has 0 radical (unpaired) electrons. The molecule has 1 saturated heterocycles. The zero-order valence-corrected chi connectivity index (χ0v) is 12.8. The van der Waals surface area contributed by atoms with Gasteiger partial charge in [0.2, 0.25) is 0 Å². The van der Waals surface area contributed by atoms with E-state index in [1.807, 2.05) is 6.07 Å². The second-order valence-electron chi connectivity index (χ2n) is 5.53. The predicted octanol–water partition coefficient (Wildman–Crippen LogP) is 2.79. The van der Waals surface area contributed by atoms with Crippen molar-refractivity contribution in [1.29, 1.82) is 0 Å². The van der Waals surface area contributed by atoms with Gasteiger partial charge in [-0.2, -0.15) is 0 Å². The van der Waals surface area contributed by atoms with Gasteiger partial charge in [-0.3, -0.25) is 0 Å². The molecule has 4 nitrogen and oxygen atoms in total. The summed E-state index contributed by atoms with van der Waals surface area (Å²) in [7, 11) is 2.07. The standard InChI is InChI=1S/C14H23ClN4/c1-11(2)14-16-12(15)10-13(17-14)18(3)8-9-19-6-4-5-7-19/h10-11H,4-9H2,1-3H3. The monoisotopic (exact) mass is 282 g/mol. The molecule has 2 rings (SSSR count). The number of anilines is 1. The van der Waals surface area contributed by atoms with E-state index in [9.17, 15) is 0 Å². The lowest BCUT2D eigenvalue weighted by Crippen LogP contribution is -2.32. The van der Waals surface area contributed by atoms with Crippen molar-refractivity contribution in [2.24, 2.45) is 0 Å². The van der Waals surface area contributed by atoms with Crippen LogP contribution in [0.3, 0.4) is 0 Å². The lowest BCUT2D eigenvalue weighted by Gasteiger charge is -2.23. The number of hydrogen-bond acceptors (Lipinski definition) is 4. The summed E-state index contributed by atoms with van der Waals surface area (Å²) in [4.78, 5) is 13.5. The van der Waals surface area contributed by atoms with Crippen molar-refractivity contribution in [2.75, 3.05) is 38.1 Å². The Morgan fingerprint density at radius 1 is 1.32 bits per heavy atom. The van der Waals surface area contributed by atoms with E-state index < -0.39 is 0 Å². The molecule has 0 bridgehead atoms. The van der Waals surface area contributed by atoms with E-state index in [0.29, 0.717) is 11.1 Å². The molecule has 1 aliphatic rings. The van der Waals surface area contributed by atoms with E-state index in [1.165, 1.54) is 25.9 Å². The molecule has 0 atom stereocenters. The summed E-state index contributed by atoms with van der Waals surface area (Å²) < 4.78 is 0. The summed E-state index contributed by atoms with van der Waals surface area (Å²) in [6.45, 7) is 8.70. The number of hydrogen-bond donors (Lipinski definition) is 0. The number of likely N-dealkylation sites (N-methyl/N-ethyl adjacent to an activating group) is 1. The van der Waals surface area contributed by atoms with Gasteiger partial charge in [0.1, 0.15) is 16.8 Å². The van der Waals surface area contributed by atoms with Crippen molar-refractivity contribution in [2.45, 2.75) is 32.6 Å². The van der Waals surface area contributed by atoms with Crippen LogP contribution in [0.4, 0.5) is 5.82 Å². The van der Waals surface area contributed by atoms with Gasteiger partial charge >= 0.3 is 0 Å². The second-order valence-corrected chi connectivity index (χ2v) is 5.92. The van der Waals surface area contributed by atoms with Gasteiger partial charge < -0.3 is 9.80 Å². The Morgan fingerprint density at radius 3 is 2.63 bits per heavy atom. The summed E-state index contributed by atoms with van der Waals surface area (Å²) in [6, 6.07) is 1.84. The lowest BCUT2D eigenvalue weighted by molar-refractivity contribution is 0.346. The lowest BCUT2D eigenvalue weighted by atomic mass is 10.2. The molecule has 0 amide bonds. The maximum atomic E-state index is 6.08. The second kappa shape index (κ2) is 6.53. The summed E-state index contributed by atoms with van der Waals surface area (Å²) in [5.41, 5.74) is 0. The van der Waals surface area contributed by atoms with Gasteiger partial charge in [0, 0.05) is 32.1 Å². The van der Waals surface area contributed by atoms with Crippen molar-refractivity contribution < 1.29 is 0 Å². The largest absolute Gasteiger partial charge is 0.358 e. The molecule has 0 saturated carbocycles. The molecule has 0 spiro atoms. The van der Waals surface area contributed by atoms with Gasteiger partial charge in [-0.25, -0.2) is 9.97 Å². The van der Waals surface area contributed by atoms with E-state index in [-0.39, 0.29) is 0 Å². The molecule has 2 heterocycles. The van der Waals surface area contributed by atoms with E-state index in [4.69, 9.17) is 11.6 Å². The predicted molar refractivity (Wildman–Crippen MR) is 80.1 cm³/mol. The minimum Gasteiger partial charge on any atom is -0.358 e. The molecule has 0 unspecified atom stereocenters. The van der Waals surface area contributed by atoms with Crippen LogP contribution in [0.1, 0.15) is 38.4 Å². The summed E-state index contributed by atoms with van der Waals surface area (Å²) in [6.07, 6.45) is 2.67. The van der Waals surface area contributed by atoms with Crippen LogP contribution in [0.5, 0.6) is 0 Å². The van der Waals surface area contributed by atoms with Gasteiger partial charge in [-0.1, -0.05) is 25.4 Å². The van der Waals surface area contributed by atoms with Crippen LogP contribution in [0.15, 0.2) is 6.07 Å². The molecule has 0 N–H and O–H groups in total. The highest BCUT2D eigenvalue weighted by Gasteiger charge is 2.14. The molecular formula is C14H23ClN4. The highest BCUT2D eigenvalue weighted by atomic mass is 35.5. The third-order valence-corrected chi connectivity index (χ3v) is 3.75. The van der Waals surface area contributed by atoms with E-state index in [1.54, 1.807) is 0 Å². The molecule has 0 aliphatic carbocycles. The number of aromatic nitrogens is 2. The minimum absolute atomic E-state index is 0.296. The highest BCUT2D eigenvalue weighted by Crippen LogP contribution is 2.19. The van der Waals surface area contributed by atoms with Crippen LogP contribution in [-0.2, 0) is 0 Å². The quantitative estimate of drug-likeness (QED) is 0.778. The highest BCUT2D eigenvalue weighted by molar-refractivity contribution is 6.29. The Labute approximate surface area is 120 Å². The number of halogens is 1. The Bertz CT molecular complexity index is 416. The molecule has 1 fully saturated rings. The van der Waals surface area contributed by atoms with Crippen LogP contribution in [-0.4, -0.2) is 48.1 Å². The molecule has 1 aromatic rings. The molecule has 5 heteroatoms. The first kappa shape index (κ1) is 14.5. The fourth-order valence-corrected chi connectivity index (χ4v) is 2.47. The van der Waals surface area contributed by atoms with Gasteiger partial charge in [0.05, 0.1) is 0 Å². The Balaban J connectivity index is 1.99. The fourth-order valence-electron chi connectivity index (χ4n) is 2.29. The SMILES string of the molecule is CC(C)c1nc(Cl)cc(N(C)CCN2CCCC2)n1. The van der Waals surface area contributed by atoms with Gasteiger partial charge in [0.15, 0.2) is 0 Å². The Morgan fingerprint density at radius 2 is 2.00 bits per heavy atom. The average Bonchev–Trinajstić information content (AvgIpc) is 2.88. The van der Waals surface area contributed by atoms with E-state index >= 15 is 0 Å². The van der Waals surface area contributed by atoms with Crippen LogP contribution in [0.2, 0.25) is 5.15 Å². The molecule has 106 valence electrons. The summed E-state index contributed by atoms with van der Waals surface area (Å²) >= 11 is 6.08. The van der Waals surface area contributed by atoms with Crippen molar-refractivity contribution >= 4 is 17.4 Å². The third kappa shape index (κ3) is 4.05. The fraction of sp³-hybridized carbons (Fsp3) is 0.714.